The summed E-state index contributed by atoms with van der Waals surface area (Å²) in [6, 6.07) is 2.36. The molecule has 2 aliphatic heterocycles. The van der Waals surface area contributed by atoms with Crippen LogP contribution >= 0.6 is 11.3 Å². The minimum atomic E-state index is -4.22. The van der Waals surface area contributed by atoms with Crippen LogP contribution in [0.4, 0.5) is 19.0 Å². The predicted octanol–water partition coefficient (Wildman–Crippen LogP) is 3.77. The molecule has 10 heteroatoms. The molecule has 5 rings (SSSR count). The lowest BCUT2D eigenvalue weighted by molar-refractivity contribution is -0.126. The molecule has 160 valence electrons. The predicted molar refractivity (Wildman–Crippen MR) is 110 cm³/mol. The summed E-state index contributed by atoms with van der Waals surface area (Å²) < 4.78 is 40.4. The first-order valence-corrected chi connectivity index (χ1v) is 11.0. The van der Waals surface area contributed by atoms with Gasteiger partial charge in [-0.05, 0) is 31.9 Å². The van der Waals surface area contributed by atoms with Crippen molar-refractivity contribution in [2.75, 3.05) is 18.0 Å². The van der Waals surface area contributed by atoms with E-state index in [1.165, 1.54) is 11.9 Å². The molecule has 0 aromatic carbocycles. The molecule has 0 radical (unpaired) electrons. The zero-order valence-corrected chi connectivity index (χ0v) is 17.5. The van der Waals surface area contributed by atoms with Crippen LogP contribution in [0.25, 0.3) is 10.2 Å². The summed E-state index contributed by atoms with van der Waals surface area (Å²) in [6.07, 6.45) is 3.50. The van der Waals surface area contributed by atoms with Crippen LogP contribution in [-0.4, -0.2) is 56.0 Å². The van der Waals surface area contributed by atoms with E-state index in [2.05, 4.69) is 31.1 Å². The molecule has 3 aromatic heterocycles. The highest BCUT2D eigenvalue weighted by Crippen LogP contribution is 2.39. The van der Waals surface area contributed by atoms with Crippen molar-refractivity contribution in [1.82, 2.24) is 24.6 Å². The number of likely N-dealkylation sites (tertiary alicyclic amines) is 1. The van der Waals surface area contributed by atoms with Crippen molar-refractivity contribution in [3.63, 3.8) is 0 Å². The second kappa shape index (κ2) is 7.49. The van der Waals surface area contributed by atoms with Crippen LogP contribution in [-0.2, 0) is 20.0 Å². The van der Waals surface area contributed by atoms with Crippen LogP contribution in [0.5, 0.6) is 0 Å². The molecule has 0 amide bonds. The summed E-state index contributed by atoms with van der Waals surface area (Å²) >= 11 is 1.11. The van der Waals surface area contributed by atoms with Crippen molar-refractivity contribution in [2.45, 2.75) is 50.5 Å². The van der Waals surface area contributed by atoms with Crippen molar-refractivity contribution in [3.05, 3.63) is 35.2 Å². The Morgan fingerprint density at radius 3 is 2.80 bits per heavy atom. The Bertz CT molecular complexity index is 1040. The molecule has 0 N–H and O–H groups in total. The van der Waals surface area contributed by atoms with E-state index in [1.807, 2.05) is 17.9 Å². The number of aromatic nitrogens is 4. The Balaban J connectivity index is 1.40. The van der Waals surface area contributed by atoms with Gasteiger partial charge in [0.25, 0.3) is 0 Å². The van der Waals surface area contributed by atoms with Crippen LogP contribution in [0.15, 0.2) is 24.8 Å². The smallest absolute Gasteiger partial charge is 0.351 e. The summed E-state index contributed by atoms with van der Waals surface area (Å²) in [6.45, 7) is 2.78. The summed E-state index contributed by atoms with van der Waals surface area (Å²) in [5, 5.41) is 5.02. The molecular formula is C20H23F3N6S. The number of rotatable bonds is 4. The number of aryl methyl sites for hydroxylation is 1. The van der Waals surface area contributed by atoms with Gasteiger partial charge in [0, 0.05) is 48.9 Å². The Morgan fingerprint density at radius 1 is 1.17 bits per heavy atom. The van der Waals surface area contributed by atoms with Crippen LogP contribution in [0.2, 0.25) is 0 Å². The van der Waals surface area contributed by atoms with E-state index >= 15 is 0 Å². The maximum absolute atomic E-state index is 12.9. The summed E-state index contributed by atoms with van der Waals surface area (Å²) in [5.41, 5.74) is 1.20. The SMILES string of the molecule is Cn1cc(CN2CCCC3C2CCN3c2ncnc3sc(CC(F)(F)F)cc23)cn1. The fourth-order valence-electron chi connectivity index (χ4n) is 4.93. The molecule has 6 nitrogen and oxygen atoms in total. The number of piperidine rings is 1. The number of hydrogen-bond acceptors (Lipinski definition) is 6. The van der Waals surface area contributed by atoms with Gasteiger partial charge in [-0.25, -0.2) is 9.97 Å². The normalized spacial score (nSPS) is 22.7. The van der Waals surface area contributed by atoms with Crippen LogP contribution < -0.4 is 4.90 Å². The molecule has 0 aliphatic carbocycles. The van der Waals surface area contributed by atoms with Gasteiger partial charge in [0.05, 0.1) is 18.0 Å². The van der Waals surface area contributed by atoms with E-state index in [0.717, 1.165) is 61.4 Å². The van der Waals surface area contributed by atoms with E-state index in [0.29, 0.717) is 16.9 Å². The second-order valence-electron chi connectivity index (χ2n) is 8.17. The average molecular weight is 437 g/mol. The van der Waals surface area contributed by atoms with Gasteiger partial charge >= 0.3 is 6.18 Å². The number of hydrogen-bond donors (Lipinski definition) is 0. The molecular weight excluding hydrogens is 413 g/mol. The Morgan fingerprint density at radius 2 is 2.03 bits per heavy atom. The highest BCUT2D eigenvalue weighted by molar-refractivity contribution is 7.18. The zero-order chi connectivity index (χ0) is 20.9. The number of nitrogens with zero attached hydrogens (tertiary/aromatic N) is 6. The van der Waals surface area contributed by atoms with Crippen LogP contribution in [0.3, 0.4) is 0 Å². The first kappa shape index (κ1) is 19.7. The number of thiophene rings is 1. The van der Waals surface area contributed by atoms with E-state index in [-0.39, 0.29) is 4.88 Å². The highest BCUT2D eigenvalue weighted by Gasteiger charge is 2.41. The lowest BCUT2D eigenvalue weighted by Gasteiger charge is -2.40. The minimum Gasteiger partial charge on any atom is -0.351 e. The monoisotopic (exact) mass is 436 g/mol. The fraction of sp³-hybridized carbons (Fsp3) is 0.550. The first-order chi connectivity index (χ1) is 14.4. The molecule has 0 saturated carbocycles. The summed E-state index contributed by atoms with van der Waals surface area (Å²) in [4.78, 5) is 14.5. The molecule has 2 fully saturated rings. The largest absolute Gasteiger partial charge is 0.393 e. The van der Waals surface area contributed by atoms with Gasteiger partial charge in [0.2, 0.25) is 0 Å². The topological polar surface area (TPSA) is 50.1 Å². The molecule has 2 saturated heterocycles. The molecule has 30 heavy (non-hydrogen) atoms. The number of anilines is 1. The Hall–Kier alpha value is -2.20. The molecule has 0 spiro atoms. The zero-order valence-electron chi connectivity index (χ0n) is 16.6. The van der Waals surface area contributed by atoms with Crippen LogP contribution in [0, 0.1) is 0 Å². The van der Waals surface area contributed by atoms with E-state index in [4.69, 9.17) is 0 Å². The minimum absolute atomic E-state index is 0.289. The van der Waals surface area contributed by atoms with Gasteiger partial charge in [-0.2, -0.15) is 18.3 Å². The van der Waals surface area contributed by atoms with Gasteiger partial charge in [0.15, 0.2) is 0 Å². The maximum Gasteiger partial charge on any atom is 0.393 e. The lowest BCUT2D eigenvalue weighted by Crippen LogP contribution is -2.49. The van der Waals surface area contributed by atoms with E-state index in [9.17, 15) is 13.2 Å². The van der Waals surface area contributed by atoms with E-state index < -0.39 is 12.6 Å². The van der Waals surface area contributed by atoms with Gasteiger partial charge in [-0.15, -0.1) is 11.3 Å². The molecule has 2 atom stereocenters. The average Bonchev–Trinajstić information content (AvgIpc) is 3.38. The van der Waals surface area contributed by atoms with Crippen molar-refractivity contribution in [3.8, 4) is 0 Å². The highest BCUT2D eigenvalue weighted by atomic mass is 32.1. The molecule has 0 bridgehead atoms. The number of halogens is 3. The Kier molecular flexibility index (Phi) is 4.93. The van der Waals surface area contributed by atoms with Gasteiger partial charge in [0.1, 0.15) is 17.0 Å². The molecule has 2 aliphatic rings. The third-order valence-corrected chi connectivity index (χ3v) is 7.12. The second-order valence-corrected chi connectivity index (χ2v) is 9.29. The number of fused-ring (bicyclic) bond motifs is 2. The van der Waals surface area contributed by atoms with Gasteiger partial charge in [-0.1, -0.05) is 0 Å². The van der Waals surface area contributed by atoms with Gasteiger partial charge in [-0.3, -0.25) is 9.58 Å². The van der Waals surface area contributed by atoms with Gasteiger partial charge < -0.3 is 4.90 Å². The number of alkyl halides is 3. The fourth-order valence-corrected chi connectivity index (χ4v) is 5.96. The van der Waals surface area contributed by atoms with Crippen molar-refractivity contribution in [1.29, 1.82) is 0 Å². The molecule has 3 aromatic rings. The third-order valence-electron chi connectivity index (χ3n) is 6.07. The first-order valence-electron chi connectivity index (χ1n) is 10.2. The van der Waals surface area contributed by atoms with Crippen LogP contribution in [0.1, 0.15) is 29.7 Å². The lowest BCUT2D eigenvalue weighted by atomic mass is 9.96. The van der Waals surface area contributed by atoms with Crippen molar-refractivity contribution >= 4 is 27.4 Å². The molecule has 2 unspecified atom stereocenters. The summed E-state index contributed by atoms with van der Waals surface area (Å²) in [7, 11) is 1.92. The standard InChI is InChI=1S/C20H23F3N6S/c1-27-10-13(9-26-27)11-28-5-2-3-17-16(28)4-6-29(17)18-15-7-14(8-20(21,22)23)30-19(15)25-12-24-18/h7,9-10,12,16-17H,2-6,8,11H2,1H3. The van der Waals surface area contributed by atoms with E-state index in [1.54, 1.807) is 6.07 Å². The Labute approximate surface area is 176 Å². The summed E-state index contributed by atoms with van der Waals surface area (Å²) in [5.74, 6) is 0.778. The maximum atomic E-state index is 12.9. The van der Waals surface area contributed by atoms with Crippen molar-refractivity contribution in [2.24, 2.45) is 7.05 Å². The molecule has 5 heterocycles. The van der Waals surface area contributed by atoms with Crippen molar-refractivity contribution < 1.29 is 13.2 Å². The quantitative estimate of drug-likeness (QED) is 0.623. The third kappa shape index (κ3) is 3.78.